The van der Waals surface area contributed by atoms with Crippen molar-refractivity contribution in [1.29, 1.82) is 0 Å². The third-order valence-electron chi connectivity index (χ3n) is 6.34. The van der Waals surface area contributed by atoms with Crippen LogP contribution in [0.25, 0.3) is 21.9 Å². The molecule has 3 heterocycles. The van der Waals surface area contributed by atoms with Gasteiger partial charge in [0, 0.05) is 11.6 Å². The molecule has 160 valence electrons. The number of rotatable bonds is 4. The van der Waals surface area contributed by atoms with Gasteiger partial charge in [0.15, 0.2) is 0 Å². The van der Waals surface area contributed by atoms with Gasteiger partial charge in [-0.25, -0.2) is 15.0 Å². The average Bonchev–Trinajstić information content (AvgIpc) is 3.30. The number of benzene rings is 1. The van der Waals surface area contributed by atoms with Crippen molar-refractivity contribution in [3.63, 3.8) is 0 Å². The lowest BCUT2D eigenvalue weighted by Gasteiger charge is -2.19. The van der Waals surface area contributed by atoms with E-state index in [0.29, 0.717) is 23.7 Å². The van der Waals surface area contributed by atoms with Crippen molar-refractivity contribution in [2.24, 2.45) is 5.92 Å². The largest absolute Gasteiger partial charge is 0.390 e. The summed E-state index contributed by atoms with van der Waals surface area (Å²) < 4.78 is 2.69. The van der Waals surface area contributed by atoms with Crippen LogP contribution in [0.1, 0.15) is 24.4 Å². The van der Waals surface area contributed by atoms with Gasteiger partial charge in [-0.3, -0.25) is 0 Å². The summed E-state index contributed by atoms with van der Waals surface area (Å²) in [6.45, 7) is 0. The first-order valence-corrected chi connectivity index (χ1v) is 11.0. The highest BCUT2D eigenvalue weighted by Crippen LogP contribution is 2.39. The molecule has 0 bridgehead atoms. The van der Waals surface area contributed by atoms with Crippen LogP contribution in [-0.2, 0) is 6.42 Å². The number of anilines is 2. The van der Waals surface area contributed by atoms with E-state index in [4.69, 9.17) is 11.5 Å². The van der Waals surface area contributed by atoms with Gasteiger partial charge in [0.2, 0.25) is 0 Å². The van der Waals surface area contributed by atoms with Crippen molar-refractivity contribution in [1.82, 2.24) is 19.5 Å². The van der Waals surface area contributed by atoms with Crippen molar-refractivity contribution in [3.05, 3.63) is 52.9 Å². The second-order valence-electron chi connectivity index (χ2n) is 8.18. The Hall–Kier alpha value is -2.75. The molecule has 0 radical (unpaired) electrons. The highest BCUT2D eigenvalue weighted by Gasteiger charge is 2.42. The van der Waals surface area contributed by atoms with E-state index in [1.165, 1.54) is 6.33 Å². The predicted octanol–water partition coefficient (Wildman–Crippen LogP) is 2.82. The van der Waals surface area contributed by atoms with E-state index in [1.807, 2.05) is 35.0 Å². The van der Waals surface area contributed by atoms with Gasteiger partial charge in [-0.1, -0.05) is 12.1 Å². The zero-order chi connectivity index (χ0) is 21.7. The first kappa shape index (κ1) is 20.2. The molecule has 0 amide bonds. The first-order chi connectivity index (χ1) is 14.9. The van der Waals surface area contributed by atoms with Crippen LogP contribution in [0.4, 0.5) is 11.6 Å². The van der Waals surface area contributed by atoms with Gasteiger partial charge < -0.3 is 26.2 Å². The zero-order valence-corrected chi connectivity index (χ0v) is 18.3. The molecule has 8 nitrogen and oxygen atoms in total. The Labute approximate surface area is 187 Å². The molecule has 5 rings (SSSR count). The molecule has 1 aliphatic rings. The third-order valence-corrected chi connectivity index (χ3v) is 6.97. The Morgan fingerprint density at radius 3 is 2.74 bits per heavy atom. The summed E-state index contributed by atoms with van der Waals surface area (Å²) in [5.41, 5.74) is 14.5. The van der Waals surface area contributed by atoms with Crippen LogP contribution < -0.4 is 11.5 Å². The summed E-state index contributed by atoms with van der Waals surface area (Å²) in [5.74, 6) is 0.839. The fourth-order valence-electron chi connectivity index (χ4n) is 4.63. The number of fused-ring (bicyclic) bond motifs is 2. The Morgan fingerprint density at radius 1 is 1.06 bits per heavy atom. The molecule has 3 aromatic heterocycles. The van der Waals surface area contributed by atoms with Crippen molar-refractivity contribution in [3.8, 4) is 0 Å². The number of nitrogens with two attached hydrogens (primary N) is 2. The van der Waals surface area contributed by atoms with Crippen LogP contribution in [-0.4, -0.2) is 41.9 Å². The highest BCUT2D eigenvalue weighted by molar-refractivity contribution is 9.10. The van der Waals surface area contributed by atoms with E-state index in [-0.39, 0.29) is 12.0 Å². The fourth-order valence-corrected chi connectivity index (χ4v) is 4.96. The molecule has 1 fully saturated rings. The number of halogens is 1. The Bertz CT molecular complexity index is 1280. The Morgan fingerprint density at radius 2 is 1.90 bits per heavy atom. The maximum absolute atomic E-state index is 10.7. The molecule has 1 saturated carbocycles. The fraction of sp³-hybridized carbons (Fsp3) is 0.318. The molecular weight excluding hydrogens is 460 g/mol. The number of aromatic nitrogens is 4. The number of aliphatic hydroxyl groups excluding tert-OH is 2. The smallest absolute Gasteiger partial charge is 0.145 e. The average molecular weight is 483 g/mol. The standard InChI is InChI=1S/C22H23BrN6O2/c23-15-8-12-3-1-11(7-16(12)28-21(15)25)2-4-13-9-17(19(31)18(13)30)29-6-5-14-20(24)26-10-27-22(14)29/h1,3,5-8,10,13,17-19,30-31H,2,4,9H2,(H2,25,28)(H2,24,26,27)/t13-,17+,18+,19-/m0/s1. The Kier molecular flexibility index (Phi) is 5.04. The van der Waals surface area contributed by atoms with Crippen LogP contribution in [0.15, 0.2) is 47.3 Å². The van der Waals surface area contributed by atoms with Gasteiger partial charge in [0.1, 0.15) is 29.7 Å². The van der Waals surface area contributed by atoms with Gasteiger partial charge in [0.25, 0.3) is 0 Å². The van der Waals surface area contributed by atoms with Crippen molar-refractivity contribution in [2.75, 3.05) is 11.5 Å². The number of nitrogen functional groups attached to an aromatic ring is 2. The topological polar surface area (TPSA) is 136 Å². The zero-order valence-electron chi connectivity index (χ0n) is 16.7. The summed E-state index contributed by atoms with van der Waals surface area (Å²) >= 11 is 3.41. The van der Waals surface area contributed by atoms with Crippen LogP contribution in [0, 0.1) is 5.92 Å². The third kappa shape index (κ3) is 3.52. The molecule has 1 aromatic carbocycles. The van der Waals surface area contributed by atoms with E-state index < -0.39 is 12.2 Å². The molecule has 0 saturated heterocycles. The maximum atomic E-state index is 10.7. The van der Waals surface area contributed by atoms with Crippen LogP contribution in [0.3, 0.4) is 0 Å². The van der Waals surface area contributed by atoms with Gasteiger partial charge in [-0.15, -0.1) is 0 Å². The van der Waals surface area contributed by atoms with Crippen LogP contribution in [0.2, 0.25) is 0 Å². The molecule has 1 aliphatic carbocycles. The van der Waals surface area contributed by atoms with E-state index in [9.17, 15) is 10.2 Å². The summed E-state index contributed by atoms with van der Waals surface area (Å²) in [5, 5.41) is 23.2. The van der Waals surface area contributed by atoms with Gasteiger partial charge in [-0.2, -0.15) is 0 Å². The van der Waals surface area contributed by atoms with Crippen molar-refractivity contribution >= 4 is 49.5 Å². The minimum Gasteiger partial charge on any atom is -0.390 e. The summed E-state index contributed by atoms with van der Waals surface area (Å²) in [6, 6.07) is 9.68. The first-order valence-electron chi connectivity index (χ1n) is 10.2. The molecule has 31 heavy (non-hydrogen) atoms. The lowest BCUT2D eigenvalue weighted by molar-refractivity contribution is 0.00545. The number of hydrogen-bond acceptors (Lipinski definition) is 7. The SMILES string of the molecule is Nc1nc2cc(CC[C@H]3C[C@@H](n4ccc5c(N)ncnc54)[C@H](O)[C@@H]3O)ccc2cc1Br. The minimum atomic E-state index is -0.868. The predicted molar refractivity (Wildman–Crippen MR) is 123 cm³/mol. The van der Waals surface area contributed by atoms with Gasteiger partial charge in [0.05, 0.1) is 27.5 Å². The second kappa shape index (κ2) is 7.74. The highest BCUT2D eigenvalue weighted by atomic mass is 79.9. The summed E-state index contributed by atoms with van der Waals surface area (Å²) in [6.07, 6.45) is 3.79. The summed E-state index contributed by atoms with van der Waals surface area (Å²) in [7, 11) is 0. The quantitative estimate of drug-likeness (QED) is 0.351. The molecule has 0 aliphatic heterocycles. The van der Waals surface area contributed by atoms with E-state index in [2.05, 4.69) is 36.9 Å². The number of aliphatic hydroxyl groups is 2. The van der Waals surface area contributed by atoms with Gasteiger partial charge >= 0.3 is 0 Å². The molecule has 9 heteroatoms. The van der Waals surface area contributed by atoms with Crippen LogP contribution >= 0.6 is 15.9 Å². The summed E-state index contributed by atoms with van der Waals surface area (Å²) in [4.78, 5) is 12.8. The molecule has 0 unspecified atom stereocenters. The second-order valence-corrected chi connectivity index (χ2v) is 9.04. The number of aryl methyl sites for hydroxylation is 1. The lowest BCUT2D eigenvalue weighted by Crippen LogP contribution is -2.29. The number of nitrogens with zero attached hydrogens (tertiary/aromatic N) is 4. The normalized spacial score (nSPS) is 23.7. The van der Waals surface area contributed by atoms with Crippen LogP contribution in [0.5, 0.6) is 0 Å². The lowest BCUT2D eigenvalue weighted by atomic mass is 9.95. The molecule has 0 spiro atoms. The number of hydrogen-bond donors (Lipinski definition) is 4. The molecular formula is C22H23BrN6O2. The van der Waals surface area contributed by atoms with Crippen molar-refractivity contribution < 1.29 is 10.2 Å². The van der Waals surface area contributed by atoms with E-state index in [1.54, 1.807) is 0 Å². The molecule has 4 aromatic rings. The maximum Gasteiger partial charge on any atom is 0.145 e. The van der Waals surface area contributed by atoms with E-state index in [0.717, 1.165) is 39.2 Å². The number of pyridine rings is 1. The molecule has 4 atom stereocenters. The molecule has 6 N–H and O–H groups in total. The van der Waals surface area contributed by atoms with Crippen molar-refractivity contribution in [2.45, 2.75) is 37.5 Å². The van der Waals surface area contributed by atoms with Gasteiger partial charge in [-0.05, 0) is 64.9 Å². The monoisotopic (exact) mass is 482 g/mol. The van der Waals surface area contributed by atoms with E-state index >= 15 is 0 Å². The Balaban J connectivity index is 1.34. The minimum absolute atomic E-state index is 0.0322.